The molecule has 0 bridgehead atoms. The van der Waals surface area contributed by atoms with Crippen LogP contribution in [0.5, 0.6) is 0 Å². The van der Waals surface area contributed by atoms with Crippen molar-refractivity contribution in [2.24, 2.45) is 0 Å². The molecule has 0 aliphatic heterocycles. The molecule has 0 aliphatic carbocycles. The van der Waals surface area contributed by atoms with Crippen LogP contribution < -0.4 is 4.72 Å². The third-order valence-corrected chi connectivity index (χ3v) is 5.37. The number of hydrogen-bond donors (Lipinski definition) is 1. The molecule has 1 N–H and O–H groups in total. The molecule has 0 saturated heterocycles. The molecule has 0 fully saturated rings. The van der Waals surface area contributed by atoms with Gasteiger partial charge in [0.25, 0.3) is 10.0 Å². The minimum absolute atomic E-state index is 0.115. The standard InChI is InChI=1S/C13H10N2O3S2/c16-20(17,12-7-4-8-19-12)15-13-11(9-14-18-13)10-5-2-1-3-6-10/h1-9,15H. The number of sulfonamides is 1. The summed E-state index contributed by atoms with van der Waals surface area (Å²) >= 11 is 1.14. The highest BCUT2D eigenvalue weighted by molar-refractivity contribution is 7.94. The number of nitrogens with zero attached hydrogens (tertiary/aromatic N) is 1. The molecular weight excluding hydrogens is 296 g/mol. The topological polar surface area (TPSA) is 72.2 Å². The Labute approximate surface area is 119 Å². The van der Waals surface area contributed by atoms with Crippen molar-refractivity contribution in [2.75, 3.05) is 4.72 Å². The van der Waals surface area contributed by atoms with Crippen LogP contribution in [0.25, 0.3) is 11.1 Å². The number of nitrogens with one attached hydrogen (secondary N) is 1. The third-order valence-electron chi connectivity index (χ3n) is 2.64. The van der Waals surface area contributed by atoms with Gasteiger partial charge in [-0.25, -0.2) is 13.1 Å². The molecule has 0 unspecified atom stereocenters. The smallest absolute Gasteiger partial charge is 0.273 e. The Hall–Kier alpha value is -2.12. The van der Waals surface area contributed by atoms with Gasteiger partial charge in [-0.2, -0.15) is 0 Å². The van der Waals surface area contributed by atoms with Gasteiger partial charge in [0.2, 0.25) is 5.88 Å². The van der Waals surface area contributed by atoms with Crippen LogP contribution in [0, 0.1) is 0 Å². The second-order valence-electron chi connectivity index (χ2n) is 3.97. The van der Waals surface area contributed by atoms with Crippen molar-refractivity contribution in [3.63, 3.8) is 0 Å². The van der Waals surface area contributed by atoms with Gasteiger partial charge in [0.15, 0.2) is 0 Å². The summed E-state index contributed by atoms with van der Waals surface area (Å²) in [6.45, 7) is 0. The predicted octanol–water partition coefficient (Wildman–Crippen LogP) is 3.20. The van der Waals surface area contributed by atoms with Crippen molar-refractivity contribution in [3.05, 3.63) is 54.0 Å². The molecule has 3 rings (SSSR count). The van der Waals surface area contributed by atoms with Crippen LogP contribution in [0.1, 0.15) is 0 Å². The first-order valence-electron chi connectivity index (χ1n) is 5.73. The van der Waals surface area contributed by atoms with Gasteiger partial charge in [-0.05, 0) is 17.0 Å². The molecule has 0 atom stereocenters. The van der Waals surface area contributed by atoms with Gasteiger partial charge in [0.05, 0.1) is 11.8 Å². The maximum Gasteiger partial charge on any atom is 0.273 e. The molecule has 2 aromatic heterocycles. The maximum absolute atomic E-state index is 12.2. The van der Waals surface area contributed by atoms with Crippen LogP contribution in [0.15, 0.2) is 62.8 Å². The summed E-state index contributed by atoms with van der Waals surface area (Å²) in [4.78, 5) is 0. The van der Waals surface area contributed by atoms with E-state index in [-0.39, 0.29) is 10.1 Å². The van der Waals surface area contributed by atoms with Crippen LogP contribution in [0.2, 0.25) is 0 Å². The average molecular weight is 306 g/mol. The first-order valence-corrected chi connectivity index (χ1v) is 8.09. The second-order valence-corrected chi connectivity index (χ2v) is 6.83. The van der Waals surface area contributed by atoms with Crippen LogP contribution in [0.3, 0.4) is 0 Å². The van der Waals surface area contributed by atoms with Gasteiger partial charge in [-0.1, -0.05) is 41.6 Å². The van der Waals surface area contributed by atoms with Crippen molar-refractivity contribution in [2.45, 2.75) is 4.21 Å². The monoisotopic (exact) mass is 306 g/mol. The molecule has 0 radical (unpaired) electrons. The molecule has 0 saturated carbocycles. The minimum atomic E-state index is -3.64. The number of aromatic nitrogens is 1. The quantitative estimate of drug-likeness (QED) is 0.803. The molecule has 20 heavy (non-hydrogen) atoms. The van der Waals surface area contributed by atoms with E-state index in [0.717, 1.165) is 16.9 Å². The fraction of sp³-hybridized carbons (Fsp3) is 0. The number of benzene rings is 1. The Morgan fingerprint density at radius 2 is 1.90 bits per heavy atom. The summed E-state index contributed by atoms with van der Waals surface area (Å²) in [5.74, 6) is 0.115. The summed E-state index contributed by atoms with van der Waals surface area (Å²) in [5, 5.41) is 5.37. The molecule has 2 heterocycles. The lowest BCUT2D eigenvalue weighted by atomic mass is 10.1. The van der Waals surface area contributed by atoms with Gasteiger partial charge in [0.1, 0.15) is 4.21 Å². The van der Waals surface area contributed by atoms with E-state index in [0.29, 0.717) is 5.56 Å². The Bertz CT molecular complexity index is 793. The van der Waals surface area contributed by atoms with Crippen LogP contribution in [-0.4, -0.2) is 13.6 Å². The zero-order valence-corrected chi connectivity index (χ0v) is 11.8. The third kappa shape index (κ3) is 2.45. The Morgan fingerprint density at radius 1 is 1.10 bits per heavy atom. The van der Waals surface area contributed by atoms with Crippen molar-refractivity contribution >= 4 is 27.2 Å². The predicted molar refractivity (Wildman–Crippen MR) is 77.1 cm³/mol. The van der Waals surface area contributed by atoms with Gasteiger partial charge in [0, 0.05) is 0 Å². The summed E-state index contributed by atoms with van der Waals surface area (Å²) in [5.41, 5.74) is 1.43. The van der Waals surface area contributed by atoms with Gasteiger partial charge < -0.3 is 4.52 Å². The first-order chi connectivity index (χ1) is 9.67. The van der Waals surface area contributed by atoms with E-state index >= 15 is 0 Å². The number of hydrogen-bond acceptors (Lipinski definition) is 5. The first kappa shape index (κ1) is 12.9. The summed E-state index contributed by atoms with van der Waals surface area (Å²) in [6, 6.07) is 12.5. The average Bonchev–Trinajstić information content (AvgIpc) is 3.10. The summed E-state index contributed by atoms with van der Waals surface area (Å²) in [6.07, 6.45) is 1.49. The largest absolute Gasteiger partial charge is 0.337 e. The SMILES string of the molecule is O=S(=O)(Nc1oncc1-c1ccccc1)c1cccs1. The van der Waals surface area contributed by atoms with Gasteiger partial charge >= 0.3 is 0 Å². The van der Waals surface area contributed by atoms with Crippen LogP contribution in [0.4, 0.5) is 5.88 Å². The Balaban J connectivity index is 1.96. The highest BCUT2D eigenvalue weighted by Gasteiger charge is 2.20. The zero-order chi connectivity index (χ0) is 14.0. The Kier molecular flexibility index (Phi) is 3.29. The maximum atomic E-state index is 12.2. The molecule has 0 aliphatic rings. The van der Waals surface area contributed by atoms with E-state index in [9.17, 15) is 8.42 Å². The van der Waals surface area contributed by atoms with Gasteiger partial charge in [-0.3, -0.25) is 0 Å². The van der Waals surface area contributed by atoms with Crippen molar-refractivity contribution in [1.29, 1.82) is 0 Å². The van der Waals surface area contributed by atoms with E-state index in [4.69, 9.17) is 4.52 Å². The molecule has 7 heteroatoms. The summed E-state index contributed by atoms with van der Waals surface area (Å²) in [7, 11) is -3.64. The normalized spacial score (nSPS) is 11.4. The number of thiophene rings is 1. The van der Waals surface area contributed by atoms with Gasteiger partial charge in [-0.15, -0.1) is 11.3 Å². The lowest BCUT2D eigenvalue weighted by Crippen LogP contribution is -2.11. The molecule has 102 valence electrons. The molecule has 1 aromatic carbocycles. The van der Waals surface area contributed by atoms with E-state index in [1.165, 1.54) is 12.3 Å². The Morgan fingerprint density at radius 3 is 2.60 bits per heavy atom. The highest BCUT2D eigenvalue weighted by Crippen LogP contribution is 2.30. The lowest BCUT2D eigenvalue weighted by molar-refractivity contribution is 0.436. The van der Waals surface area contributed by atoms with E-state index in [1.54, 1.807) is 11.4 Å². The molecule has 0 amide bonds. The lowest BCUT2D eigenvalue weighted by Gasteiger charge is -2.04. The van der Waals surface area contributed by atoms with E-state index in [2.05, 4.69) is 9.88 Å². The highest BCUT2D eigenvalue weighted by atomic mass is 32.2. The molecule has 0 spiro atoms. The summed E-state index contributed by atoms with van der Waals surface area (Å²) < 4.78 is 32.0. The number of anilines is 1. The minimum Gasteiger partial charge on any atom is -0.337 e. The molecule has 5 nitrogen and oxygen atoms in total. The van der Waals surface area contributed by atoms with Crippen molar-refractivity contribution < 1.29 is 12.9 Å². The fourth-order valence-corrected chi connectivity index (χ4v) is 3.72. The zero-order valence-electron chi connectivity index (χ0n) is 10.2. The molecular formula is C13H10N2O3S2. The van der Waals surface area contributed by atoms with Crippen molar-refractivity contribution in [3.8, 4) is 11.1 Å². The van der Waals surface area contributed by atoms with E-state index < -0.39 is 10.0 Å². The van der Waals surface area contributed by atoms with Crippen LogP contribution in [-0.2, 0) is 10.0 Å². The van der Waals surface area contributed by atoms with Crippen LogP contribution >= 0.6 is 11.3 Å². The number of rotatable bonds is 4. The molecule has 3 aromatic rings. The fourth-order valence-electron chi connectivity index (χ4n) is 1.73. The van der Waals surface area contributed by atoms with Crippen molar-refractivity contribution in [1.82, 2.24) is 5.16 Å². The second kappa shape index (κ2) is 5.10. The van der Waals surface area contributed by atoms with E-state index in [1.807, 2.05) is 30.3 Å².